The lowest BCUT2D eigenvalue weighted by Crippen LogP contribution is -2.67. The van der Waals surface area contributed by atoms with Gasteiger partial charge in [0.25, 0.3) is 0 Å². The number of hydrogen-bond acceptors (Lipinski definition) is 3. The summed E-state index contributed by atoms with van der Waals surface area (Å²) < 4.78 is 6.99. The van der Waals surface area contributed by atoms with Crippen LogP contribution < -0.4 is 21.0 Å². The van der Waals surface area contributed by atoms with Gasteiger partial charge < -0.3 is 14.7 Å². The summed E-state index contributed by atoms with van der Waals surface area (Å²) in [5.41, 5.74) is 0. The molecule has 2 aromatic carbocycles. The summed E-state index contributed by atoms with van der Waals surface area (Å²) in [6.07, 6.45) is 1.40. The maximum Gasteiger partial charge on any atom is 0.228 e. The molecule has 2 unspecified atom stereocenters. The van der Waals surface area contributed by atoms with Gasteiger partial charge in [0.1, 0.15) is 0 Å². The zero-order chi connectivity index (χ0) is 18.3. The Kier molecular flexibility index (Phi) is 6.72. The van der Waals surface area contributed by atoms with Gasteiger partial charge in [0.2, 0.25) is 22.5 Å². The number of rotatable bonds is 8. The minimum Gasteiger partial charge on any atom is -0.447 e. The molecular weight excluding hydrogens is 344 g/mol. The summed E-state index contributed by atoms with van der Waals surface area (Å²) in [6.45, 7) is 6.00. The minimum atomic E-state index is -2.35. The molecule has 2 aromatic rings. The van der Waals surface area contributed by atoms with Crippen LogP contribution in [0.15, 0.2) is 60.7 Å². The van der Waals surface area contributed by atoms with Crippen LogP contribution >= 0.6 is 0 Å². The fourth-order valence-corrected chi connectivity index (χ4v) is 12.1. The van der Waals surface area contributed by atoms with Gasteiger partial charge in [0.15, 0.2) is 0 Å². The monoisotopic (exact) mass is 372 g/mol. The molecule has 0 bridgehead atoms. The lowest BCUT2D eigenvalue weighted by molar-refractivity contribution is -0.118. The van der Waals surface area contributed by atoms with Crippen molar-refractivity contribution in [1.82, 2.24) is 10.6 Å². The molecule has 0 radical (unpaired) electrons. The van der Waals surface area contributed by atoms with E-state index in [0.29, 0.717) is 6.17 Å². The summed E-state index contributed by atoms with van der Waals surface area (Å²) in [4.78, 5) is 11.5. The highest BCUT2D eigenvalue weighted by Gasteiger charge is 2.42. The Morgan fingerprint density at radius 1 is 0.880 bits per heavy atom. The molecule has 6 heteroatoms. The number of amides is 1. The molecule has 0 aromatic heterocycles. The average molecular weight is 373 g/mol. The fraction of sp³-hybridized carbons (Fsp3) is 0.316. The van der Waals surface area contributed by atoms with Gasteiger partial charge in [0, 0.05) is 19.3 Å². The third-order valence-corrected chi connectivity index (χ3v) is 13.0. The zero-order valence-electron chi connectivity index (χ0n) is 15.5. The Morgan fingerprint density at radius 3 is 1.72 bits per heavy atom. The van der Waals surface area contributed by atoms with Gasteiger partial charge in [-0.1, -0.05) is 60.7 Å². The predicted molar refractivity (Wildman–Crippen MR) is 109 cm³/mol. The Morgan fingerprint density at radius 2 is 1.32 bits per heavy atom. The van der Waals surface area contributed by atoms with Gasteiger partial charge in [-0.3, -0.25) is 4.79 Å². The standard InChI is InChI=1S/C19H28N2O2Si2/c1-17(22)21-16-25(4,19-13-9-6-10-14-19)23-24(3,15-20-2)18-11-7-5-8-12-18/h5-14,20H,15-16H2,1-4H3,(H,21,22). The van der Waals surface area contributed by atoms with Crippen LogP contribution in [0.5, 0.6) is 0 Å². The summed E-state index contributed by atoms with van der Waals surface area (Å²) in [5.74, 6) is -0.0186. The van der Waals surface area contributed by atoms with E-state index in [1.165, 1.54) is 10.4 Å². The number of benzene rings is 2. The summed E-state index contributed by atoms with van der Waals surface area (Å²) >= 11 is 0. The molecule has 0 aliphatic heterocycles. The van der Waals surface area contributed by atoms with Crippen LogP contribution in [0.3, 0.4) is 0 Å². The van der Waals surface area contributed by atoms with E-state index >= 15 is 0 Å². The number of carbonyl (C=O) groups excluding carboxylic acids is 1. The van der Waals surface area contributed by atoms with Gasteiger partial charge in [-0.2, -0.15) is 0 Å². The molecule has 134 valence electrons. The van der Waals surface area contributed by atoms with Gasteiger partial charge in [-0.05, 0) is 30.5 Å². The molecule has 0 fully saturated rings. The smallest absolute Gasteiger partial charge is 0.228 e. The van der Waals surface area contributed by atoms with Crippen LogP contribution in [0.1, 0.15) is 6.92 Å². The van der Waals surface area contributed by atoms with Crippen LogP contribution in [0.2, 0.25) is 13.1 Å². The Hall–Kier alpha value is -1.74. The van der Waals surface area contributed by atoms with Gasteiger partial charge in [-0.25, -0.2) is 0 Å². The van der Waals surface area contributed by atoms with Crippen molar-refractivity contribution in [1.29, 1.82) is 0 Å². The van der Waals surface area contributed by atoms with E-state index in [1.54, 1.807) is 6.92 Å². The zero-order valence-corrected chi connectivity index (χ0v) is 17.5. The third kappa shape index (κ3) is 5.12. The van der Waals surface area contributed by atoms with E-state index in [2.05, 4.69) is 60.1 Å². The predicted octanol–water partition coefficient (Wildman–Crippen LogP) is 1.40. The topological polar surface area (TPSA) is 50.4 Å². The van der Waals surface area contributed by atoms with Gasteiger partial charge in [0.05, 0.1) is 0 Å². The first-order chi connectivity index (χ1) is 11.9. The van der Waals surface area contributed by atoms with Crippen LogP contribution in [-0.2, 0) is 8.91 Å². The first-order valence-corrected chi connectivity index (χ1v) is 13.8. The third-order valence-electron chi connectivity index (χ3n) is 4.41. The van der Waals surface area contributed by atoms with Crippen molar-refractivity contribution in [2.75, 3.05) is 19.4 Å². The molecule has 0 saturated heterocycles. The minimum absolute atomic E-state index is 0.0186. The molecule has 0 aliphatic carbocycles. The Bertz CT molecular complexity index is 684. The van der Waals surface area contributed by atoms with Crippen molar-refractivity contribution in [3.8, 4) is 0 Å². The number of hydrogen-bond donors (Lipinski definition) is 2. The van der Waals surface area contributed by atoms with Crippen molar-refractivity contribution in [2.45, 2.75) is 20.0 Å². The van der Waals surface area contributed by atoms with E-state index in [9.17, 15) is 4.79 Å². The molecule has 2 atom stereocenters. The fourth-order valence-electron chi connectivity index (χ4n) is 3.10. The van der Waals surface area contributed by atoms with Crippen molar-refractivity contribution >= 4 is 32.9 Å². The first-order valence-electron chi connectivity index (χ1n) is 8.60. The molecule has 0 spiro atoms. The van der Waals surface area contributed by atoms with Crippen molar-refractivity contribution in [2.24, 2.45) is 0 Å². The molecule has 0 heterocycles. The lowest BCUT2D eigenvalue weighted by atomic mass is 10.4. The quantitative estimate of drug-likeness (QED) is 0.689. The molecular formula is C19H28N2O2Si2. The maximum atomic E-state index is 11.5. The second kappa shape index (κ2) is 8.57. The van der Waals surface area contributed by atoms with E-state index in [1.807, 2.05) is 31.3 Å². The SMILES string of the molecule is CNC[Si](C)(O[Si](C)(CNC(C)=O)c1ccccc1)c1ccccc1. The maximum absolute atomic E-state index is 11.5. The first kappa shape index (κ1) is 19.6. The van der Waals surface area contributed by atoms with E-state index in [4.69, 9.17) is 4.12 Å². The number of carbonyl (C=O) groups is 1. The van der Waals surface area contributed by atoms with E-state index in [0.717, 1.165) is 6.17 Å². The van der Waals surface area contributed by atoms with Gasteiger partial charge >= 0.3 is 0 Å². The summed E-state index contributed by atoms with van der Waals surface area (Å²) in [5, 5.41) is 8.79. The largest absolute Gasteiger partial charge is 0.447 e. The van der Waals surface area contributed by atoms with Crippen molar-refractivity contribution in [3.05, 3.63) is 60.7 Å². The molecule has 25 heavy (non-hydrogen) atoms. The second-order valence-corrected chi connectivity index (χ2v) is 14.3. The summed E-state index contributed by atoms with van der Waals surface area (Å²) in [7, 11) is -2.61. The molecule has 0 aliphatic rings. The average Bonchev–Trinajstić information content (AvgIpc) is 2.62. The molecule has 1 amide bonds. The van der Waals surface area contributed by atoms with Crippen molar-refractivity contribution < 1.29 is 8.91 Å². The lowest BCUT2D eigenvalue weighted by Gasteiger charge is -2.39. The highest BCUT2D eigenvalue weighted by Crippen LogP contribution is 2.15. The van der Waals surface area contributed by atoms with E-state index < -0.39 is 16.6 Å². The molecule has 0 saturated carbocycles. The van der Waals surface area contributed by atoms with Crippen LogP contribution in [-0.4, -0.2) is 41.9 Å². The highest BCUT2D eigenvalue weighted by atomic mass is 28.4. The Labute approximate surface area is 152 Å². The summed E-state index contributed by atoms with van der Waals surface area (Å²) in [6, 6.07) is 20.8. The molecule has 2 rings (SSSR count). The number of nitrogens with one attached hydrogen (secondary N) is 2. The highest BCUT2D eigenvalue weighted by molar-refractivity contribution is 6.98. The van der Waals surface area contributed by atoms with E-state index in [-0.39, 0.29) is 5.91 Å². The second-order valence-electron chi connectivity index (χ2n) is 6.74. The van der Waals surface area contributed by atoms with Crippen LogP contribution in [0, 0.1) is 0 Å². The van der Waals surface area contributed by atoms with Crippen molar-refractivity contribution in [3.63, 3.8) is 0 Å². The normalized spacial score (nSPS) is 15.8. The molecule has 4 nitrogen and oxygen atoms in total. The van der Waals surface area contributed by atoms with Gasteiger partial charge in [-0.15, -0.1) is 0 Å². The van der Waals surface area contributed by atoms with Crippen LogP contribution in [0.4, 0.5) is 0 Å². The molecule has 2 N–H and O–H groups in total. The van der Waals surface area contributed by atoms with Crippen LogP contribution in [0.25, 0.3) is 0 Å². The Balaban J connectivity index is 2.40.